The maximum atomic E-state index is 11.3. The van der Waals surface area contributed by atoms with Crippen LogP contribution in [0.5, 0.6) is 0 Å². The molecule has 0 spiro atoms. The van der Waals surface area contributed by atoms with Crippen LogP contribution in [0.4, 0.5) is 5.82 Å². The number of nitrogens with two attached hydrogens (primary N) is 1. The van der Waals surface area contributed by atoms with Gasteiger partial charge in [-0.15, -0.1) is 6.42 Å². The lowest BCUT2D eigenvalue weighted by Crippen LogP contribution is -2.03. The Balaban J connectivity index is 2.12. The number of rotatable bonds is 3. The van der Waals surface area contributed by atoms with Crippen LogP contribution in [0.3, 0.4) is 0 Å². The summed E-state index contributed by atoms with van der Waals surface area (Å²) in [5, 5.41) is 4.38. The van der Waals surface area contributed by atoms with E-state index < -0.39 is 0 Å². The van der Waals surface area contributed by atoms with E-state index >= 15 is 0 Å². The molecule has 4 nitrogen and oxygen atoms in total. The van der Waals surface area contributed by atoms with Crippen molar-refractivity contribution < 1.29 is 4.79 Å². The maximum Gasteiger partial charge on any atom is 0.156 e. The summed E-state index contributed by atoms with van der Waals surface area (Å²) < 4.78 is 1.49. The van der Waals surface area contributed by atoms with E-state index in [9.17, 15) is 4.79 Å². The Labute approximate surface area is 117 Å². The van der Waals surface area contributed by atoms with Crippen molar-refractivity contribution in [1.29, 1.82) is 0 Å². The zero-order chi connectivity index (χ0) is 14.1. The molecule has 20 heavy (non-hydrogen) atoms. The normalized spacial score (nSPS) is 12.9. The van der Waals surface area contributed by atoms with Crippen LogP contribution in [-0.2, 0) is 19.4 Å². The SMILES string of the molecule is C#CCn1nc(-c2ccc3c(c2)CCC3)c(C=O)c1N. The minimum Gasteiger partial charge on any atom is -0.383 e. The Morgan fingerprint density at radius 1 is 1.40 bits per heavy atom. The van der Waals surface area contributed by atoms with E-state index in [1.165, 1.54) is 22.2 Å². The zero-order valence-electron chi connectivity index (χ0n) is 11.1. The second kappa shape index (κ2) is 4.86. The highest BCUT2D eigenvalue weighted by atomic mass is 16.1. The molecule has 1 aromatic carbocycles. The molecule has 0 atom stereocenters. The first-order chi connectivity index (χ1) is 9.74. The molecule has 1 heterocycles. The lowest BCUT2D eigenvalue weighted by molar-refractivity contribution is 0.112. The predicted molar refractivity (Wildman–Crippen MR) is 78.3 cm³/mol. The van der Waals surface area contributed by atoms with Crippen molar-refractivity contribution in [2.75, 3.05) is 5.73 Å². The number of carbonyl (C=O) groups excluding carboxylic acids is 1. The number of nitrogens with zero attached hydrogens (tertiary/aromatic N) is 2. The van der Waals surface area contributed by atoms with Gasteiger partial charge in [-0.3, -0.25) is 4.79 Å². The van der Waals surface area contributed by atoms with Crippen LogP contribution < -0.4 is 5.73 Å². The average molecular weight is 265 g/mol. The molecule has 0 fully saturated rings. The fourth-order valence-electron chi connectivity index (χ4n) is 2.74. The summed E-state index contributed by atoms with van der Waals surface area (Å²) in [7, 11) is 0. The summed E-state index contributed by atoms with van der Waals surface area (Å²) >= 11 is 0. The molecule has 4 heteroatoms. The molecule has 0 amide bonds. The topological polar surface area (TPSA) is 60.9 Å². The first-order valence-electron chi connectivity index (χ1n) is 6.61. The lowest BCUT2D eigenvalue weighted by atomic mass is 10.0. The first-order valence-corrected chi connectivity index (χ1v) is 6.61. The smallest absolute Gasteiger partial charge is 0.156 e. The zero-order valence-corrected chi connectivity index (χ0v) is 11.1. The van der Waals surface area contributed by atoms with Crippen LogP contribution in [0.25, 0.3) is 11.3 Å². The van der Waals surface area contributed by atoms with Crippen molar-refractivity contribution >= 4 is 12.1 Å². The molecule has 1 aromatic heterocycles. The second-order valence-corrected chi connectivity index (χ2v) is 4.96. The van der Waals surface area contributed by atoms with E-state index in [1.807, 2.05) is 6.07 Å². The fraction of sp³-hybridized carbons (Fsp3) is 0.250. The van der Waals surface area contributed by atoms with Crippen molar-refractivity contribution in [3.05, 3.63) is 34.9 Å². The molecular formula is C16H15N3O. The molecule has 0 unspecified atom stereocenters. The molecule has 0 radical (unpaired) electrons. The van der Waals surface area contributed by atoms with Crippen LogP contribution >= 0.6 is 0 Å². The molecule has 0 aliphatic heterocycles. The van der Waals surface area contributed by atoms with E-state index in [2.05, 4.69) is 23.2 Å². The van der Waals surface area contributed by atoms with Gasteiger partial charge in [0.1, 0.15) is 18.1 Å². The van der Waals surface area contributed by atoms with Gasteiger partial charge in [0.2, 0.25) is 0 Å². The fourth-order valence-corrected chi connectivity index (χ4v) is 2.74. The molecule has 0 saturated carbocycles. The summed E-state index contributed by atoms with van der Waals surface area (Å²) in [5.41, 5.74) is 10.6. The van der Waals surface area contributed by atoms with E-state index in [4.69, 9.17) is 12.2 Å². The number of carbonyl (C=O) groups is 1. The number of nitrogen functional groups attached to an aromatic ring is 1. The molecule has 3 rings (SSSR count). The van der Waals surface area contributed by atoms with Crippen LogP contribution in [0.2, 0.25) is 0 Å². The summed E-state index contributed by atoms with van der Waals surface area (Å²) in [4.78, 5) is 11.3. The van der Waals surface area contributed by atoms with Gasteiger partial charge in [-0.05, 0) is 36.5 Å². The van der Waals surface area contributed by atoms with E-state index in [-0.39, 0.29) is 6.54 Å². The minimum atomic E-state index is 0.262. The van der Waals surface area contributed by atoms with Gasteiger partial charge in [0.25, 0.3) is 0 Å². The van der Waals surface area contributed by atoms with Crippen molar-refractivity contribution in [3.63, 3.8) is 0 Å². The number of aryl methyl sites for hydroxylation is 2. The Bertz CT molecular complexity index is 722. The number of hydrogen-bond donors (Lipinski definition) is 1. The number of aldehydes is 1. The molecular weight excluding hydrogens is 250 g/mol. The van der Waals surface area contributed by atoms with Gasteiger partial charge in [0.15, 0.2) is 6.29 Å². The summed E-state index contributed by atoms with van der Waals surface area (Å²) in [6.45, 7) is 0.262. The standard InChI is InChI=1S/C16H15N3O/c1-2-8-19-16(17)14(10-20)15(18-19)13-7-6-11-4-3-5-12(11)9-13/h1,6-7,9-10H,3-5,8,17H2. The van der Waals surface area contributed by atoms with Crippen molar-refractivity contribution in [1.82, 2.24) is 9.78 Å². The third kappa shape index (κ3) is 1.88. The van der Waals surface area contributed by atoms with Crippen molar-refractivity contribution in [3.8, 4) is 23.6 Å². The third-order valence-electron chi connectivity index (χ3n) is 3.76. The maximum absolute atomic E-state index is 11.3. The van der Waals surface area contributed by atoms with Gasteiger partial charge < -0.3 is 5.73 Å². The summed E-state index contributed by atoms with van der Waals surface area (Å²) in [5.74, 6) is 2.81. The van der Waals surface area contributed by atoms with Crippen LogP contribution in [0.1, 0.15) is 27.9 Å². The number of aromatic nitrogens is 2. The Morgan fingerprint density at radius 3 is 2.95 bits per heavy atom. The first kappa shape index (κ1) is 12.5. The van der Waals surface area contributed by atoms with Gasteiger partial charge in [-0.25, -0.2) is 4.68 Å². The lowest BCUT2D eigenvalue weighted by Gasteiger charge is -2.03. The molecule has 2 aromatic rings. The number of fused-ring (bicyclic) bond motifs is 1. The number of terminal acetylenes is 1. The van der Waals surface area contributed by atoms with Gasteiger partial charge in [0.05, 0.1) is 5.56 Å². The molecule has 0 saturated heterocycles. The highest BCUT2D eigenvalue weighted by Crippen LogP contribution is 2.30. The van der Waals surface area contributed by atoms with Crippen LogP contribution in [0.15, 0.2) is 18.2 Å². The quantitative estimate of drug-likeness (QED) is 0.682. The molecule has 1 aliphatic rings. The van der Waals surface area contributed by atoms with Crippen LogP contribution in [0, 0.1) is 12.3 Å². The van der Waals surface area contributed by atoms with E-state index in [1.54, 1.807) is 0 Å². The highest BCUT2D eigenvalue weighted by molar-refractivity contribution is 5.91. The summed E-state index contributed by atoms with van der Waals surface area (Å²) in [6.07, 6.45) is 9.44. The molecule has 1 aliphatic carbocycles. The van der Waals surface area contributed by atoms with Crippen LogP contribution in [-0.4, -0.2) is 16.1 Å². The second-order valence-electron chi connectivity index (χ2n) is 4.96. The molecule has 0 bridgehead atoms. The predicted octanol–water partition coefficient (Wildman–Crippen LogP) is 2.07. The van der Waals surface area contributed by atoms with E-state index in [0.717, 1.165) is 24.7 Å². The van der Waals surface area contributed by atoms with Gasteiger partial charge >= 0.3 is 0 Å². The van der Waals surface area contributed by atoms with E-state index in [0.29, 0.717) is 17.1 Å². The number of benzene rings is 1. The average Bonchev–Trinajstić information content (AvgIpc) is 3.03. The monoisotopic (exact) mass is 265 g/mol. The Hall–Kier alpha value is -2.54. The third-order valence-corrected chi connectivity index (χ3v) is 3.76. The summed E-state index contributed by atoms with van der Waals surface area (Å²) in [6, 6.07) is 6.22. The van der Waals surface area contributed by atoms with Gasteiger partial charge in [-0.2, -0.15) is 5.10 Å². The number of hydrogen-bond acceptors (Lipinski definition) is 3. The Kier molecular flexibility index (Phi) is 3.03. The minimum absolute atomic E-state index is 0.262. The molecule has 100 valence electrons. The largest absolute Gasteiger partial charge is 0.383 e. The van der Waals surface area contributed by atoms with Crippen molar-refractivity contribution in [2.24, 2.45) is 0 Å². The van der Waals surface area contributed by atoms with Gasteiger partial charge in [0, 0.05) is 5.56 Å². The highest BCUT2D eigenvalue weighted by Gasteiger charge is 2.18. The Morgan fingerprint density at radius 2 is 2.20 bits per heavy atom. The van der Waals surface area contributed by atoms with Crippen molar-refractivity contribution in [2.45, 2.75) is 25.8 Å². The number of anilines is 1. The molecule has 2 N–H and O–H groups in total. The van der Waals surface area contributed by atoms with Gasteiger partial charge in [-0.1, -0.05) is 18.1 Å².